The van der Waals surface area contributed by atoms with Crippen LogP contribution in [-0.2, 0) is 0 Å². The lowest BCUT2D eigenvalue weighted by Crippen LogP contribution is -2.53. The van der Waals surface area contributed by atoms with E-state index in [1.165, 1.54) is 12.1 Å². The molecule has 1 saturated heterocycles. The van der Waals surface area contributed by atoms with Gasteiger partial charge in [0.25, 0.3) is 0 Å². The molecule has 2 rings (SSSR count). The molecule has 0 aromatic heterocycles. The van der Waals surface area contributed by atoms with Crippen molar-refractivity contribution in [3.63, 3.8) is 0 Å². The Hall–Kier alpha value is -1.17. The van der Waals surface area contributed by atoms with Crippen LogP contribution >= 0.6 is 0 Å². The molecule has 0 aliphatic carbocycles. The minimum Gasteiger partial charge on any atom is -0.494 e. The lowest BCUT2D eigenvalue weighted by molar-refractivity contribution is -0.0804. The van der Waals surface area contributed by atoms with Crippen LogP contribution in [0.1, 0.15) is 32.6 Å². The molecular weight excluding hydrogens is 297 g/mol. The number of hydrogen-bond acceptors (Lipinski definition) is 4. The average Bonchev–Trinajstić information content (AvgIpc) is 2.56. The molecule has 1 aliphatic heterocycles. The van der Waals surface area contributed by atoms with Crippen LogP contribution in [0.2, 0.25) is 0 Å². The van der Waals surface area contributed by atoms with Gasteiger partial charge in [0.2, 0.25) is 0 Å². The van der Waals surface area contributed by atoms with E-state index < -0.39 is 6.10 Å². The molecule has 1 aromatic carbocycles. The fourth-order valence-corrected chi connectivity index (χ4v) is 3.42. The monoisotopic (exact) mass is 325 g/mol. The highest BCUT2D eigenvalue weighted by Gasteiger charge is 2.41. The molecule has 0 radical (unpaired) electrons. The summed E-state index contributed by atoms with van der Waals surface area (Å²) < 4.78 is 18.4. The Morgan fingerprint density at radius 3 is 2.74 bits per heavy atom. The van der Waals surface area contributed by atoms with Crippen LogP contribution in [0.25, 0.3) is 0 Å². The number of rotatable bonds is 8. The van der Waals surface area contributed by atoms with Crippen molar-refractivity contribution >= 4 is 0 Å². The topological polar surface area (TPSA) is 52.9 Å². The Kier molecular flexibility index (Phi) is 6.81. The third kappa shape index (κ3) is 4.90. The first-order chi connectivity index (χ1) is 11.1. The number of piperidine rings is 1. The fourth-order valence-electron chi connectivity index (χ4n) is 3.42. The number of halogens is 1. The van der Waals surface area contributed by atoms with Crippen LogP contribution in [0.3, 0.4) is 0 Å². The van der Waals surface area contributed by atoms with Crippen molar-refractivity contribution in [1.29, 1.82) is 0 Å². The molecule has 1 aliphatic rings. The molecule has 4 nitrogen and oxygen atoms in total. The Bertz CT molecular complexity index is 468. The molecule has 1 aromatic rings. The van der Waals surface area contributed by atoms with Crippen molar-refractivity contribution in [2.75, 3.05) is 32.8 Å². The van der Waals surface area contributed by atoms with Crippen LogP contribution in [-0.4, -0.2) is 54.1 Å². The number of ether oxygens (including phenoxy) is 1. The first-order valence-electron chi connectivity index (χ1n) is 8.49. The van der Waals surface area contributed by atoms with Gasteiger partial charge < -0.3 is 19.8 Å². The number of aliphatic hydroxyl groups is 2. The van der Waals surface area contributed by atoms with Crippen molar-refractivity contribution in [2.24, 2.45) is 5.41 Å². The molecule has 5 heteroatoms. The molecule has 1 fully saturated rings. The average molecular weight is 325 g/mol. The van der Waals surface area contributed by atoms with Crippen molar-refractivity contribution in [1.82, 2.24) is 4.90 Å². The first-order valence-corrected chi connectivity index (χ1v) is 8.49. The summed E-state index contributed by atoms with van der Waals surface area (Å²) in [4.78, 5) is 2.30. The summed E-state index contributed by atoms with van der Waals surface area (Å²) in [6, 6.07) is 6.04. The van der Waals surface area contributed by atoms with Crippen molar-refractivity contribution in [3.8, 4) is 5.75 Å². The highest BCUT2D eigenvalue weighted by Crippen LogP contribution is 2.34. The van der Waals surface area contributed by atoms with Gasteiger partial charge in [-0.1, -0.05) is 13.3 Å². The number of aliphatic hydroxyl groups excluding tert-OH is 2. The second kappa shape index (κ2) is 8.62. The summed E-state index contributed by atoms with van der Waals surface area (Å²) in [6.07, 6.45) is 2.95. The first kappa shape index (κ1) is 18.2. The van der Waals surface area contributed by atoms with Gasteiger partial charge in [0.1, 0.15) is 11.6 Å². The highest BCUT2D eigenvalue weighted by atomic mass is 19.1. The standard InChI is InChI=1S/C18H28FNO3/c1-2-9-18(14-21)13-20(11-8-17(18)22)10-3-12-23-16-6-4-15(19)5-7-16/h4-7,17,21-22H,2-3,8-14H2,1H3/t17-,18+/m1/s1. The lowest BCUT2D eigenvalue weighted by atomic mass is 9.74. The van der Waals surface area contributed by atoms with Gasteiger partial charge in [-0.15, -0.1) is 0 Å². The zero-order valence-corrected chi connectivity index (χ0v) is 13.9. The molecule has 23 heavy (non-hydrogen) atoms. The quantitative estimate of drug-likeness (QED) is 0.721. The Balaban J connectivity index is 1.76. The van der Waals surface area contributed by atoms with E-state index in [1.807, 2.05) is 0 Å². The van der Waals surface area contributed by atoms with Crippen LogP contribution in [0.15, 0.2) is 24.3 Å². The largest absolute Gasteiger partial charge is 0.494 e. The van der Waals surface area contributed by atoms with E-state index in [2.05, 4.69) is 11.8 Å². The fraction of sp³-hybridized carbons (Fsp3) is 0.667. The van der Waals surface area contributed by atoms with Crippen LogP contribution in [0.4, 0.5) is 4.39 Å². The predicted octanol–water partition coefficient (Wildman–Crippen LogP) is 2.44. The molecule has 2 atom stereocenters. The second-order valence-corrected chi connectivity index (χ2v) is 6.51. The molecule has 0 unspecified atom stereocenters. The smallest absolute Gasteiger partial charge is 0.123 e. The van der Waals surface area contributed by atoms with Crippen LogP contribution in [0, 0.1) is 11.2 Å². The number of benzene rings is 1. The van der Waals surface area contributed by atoms with Crippen molar-refractivity contribution < 1.29 is 19.3 Å². The number of likely N-dealkylation sites (tertiary alicyclic amines) is 1. The minimum atomic E-state index is -0.417. The lowest BCUT2D eigenvalue weighted by Gasteiger charge is -2.45. The zero-order chi connectivity index (χ0) is 16.7. The van der Waals surface area contributed by atoms with E-state index in [-0.39, 0.29) is 17.8 Å². The molecule has 0 spiro atoms. The minimum absolute atomic E-state index is 0.0323. The summed E-state index contributed by atoms with van der Waals surface area (Å²) in [5.41, 5.74) is -0.384. The van der Waals surface area contributed by atoms with Gasteiger partial charge in [-0.2, -0.15) is 0 Å². The summed E-state index contributed by atoms with van der Waals surface area (Å²) in [5, 5.41) is 20.0. The van der Waals surface area contributed by atoms with Gasteiger partial charge in [0.15, 0.2) is 0 Å². The predicted molar refractivity (Wildman–Crippen MR) is 88.0 cm³/mol. The zero-order valence-electron chi connectivity index (χ0n) is 13.9. The van der Waals surface area contributed by atoms with E-state index in [0.29, 0.717) is 18.8 Å². The van der Waals surface area contributed by atoms with Gasteiger partial charge >= 0.3 is 0 Å². The van der Waals surface area contributed by atoms with Gasteiger partial charge in [-0.25, -0.2) is 4.39 Å². The summed E-state index contributed by atoms with van der Waals surface area (Å²) in [6.45, 7) is 5.15. The summed E-state index contributed by atoms with van der Waals surface area (Å²) in [7, 11) is 0. The molecule has 0 saturated carbocycles. The van der Waals surface area contributed by atoms with Gasteiger partial charge in [0, 0.05) is 25.0 Å². The van der Waals surface area contributed by atoms with Crippen molar-refractivity contribution in [3.05, 3.63) is 30.1 Å². The van der Waals surface area contributed by atoms with E-state index in [1.54, 1.807) is 12.1 Å². The maximum atomic E-state index is 12.8. The van der Waals surface area contributed by atoms with Crippen LogP contribution in [0.5, 0.6) is 5.75 Å². The molecule has 2 N–H and O–H groups in total. The Morgan fingerprint density at radius 2 is 2.09 bits per heavy atom. The number of nitrogens with zero attached hydrogens (tertiary/aromatic N) is 1. The summed E-state index contributed by atoms with van der Waals surface area (Å²) in [5.74, 6) is 0.414. The normalized spacial score (nSPS) is 25.5. The SMILES string of the molecule is CCC[C@@]1(CO)CN(CCCOc2ccc(F)cc2)CC[C@H]1O. The molecule has 1 heterocycles. The van der Waals surface area contributed by atoms with E-state index in [4.69, 9.17) is 4.74 Å². The van der Waals surface area contributed by atoms with Crippen molar-refractivity contribution in [2.45, 2.75) is 38.7 Å². The van der Waals surface area contributed by atoms with E-state index in [9.17, 15) is 14.6 Å². The Morgan fingerprint density at radius 1 is 1.35 bits per heavy atom. The van der Waals surface area contributed by atoms with Crippen LogP contribution < -0.4 is 4.74 Å². The van der Waals surface area contributed by atoms with E-state index >= 15 is 0 Å². The molecular formula is C18H28FNO3. The summed E-state index contributed by atoms with van der Waals surface area (Å²) >= 11 is 0. The number of hydrogen-bond donors (Lipinski definition) is 2. The molecule has 0 amide bonds. The third-order valence-corrected chi connectivity index (χ3v) is 4.73. The van der Waals surface area contributed by atoms with Gasteiger partial charge in [0.05, 0.1) is 19.3 Å². The highest BCUT2D eigenvalue weighted by molar-refractivity contribution is 5.21. The Labute approximate surface area is 137 Å². The third-order valence-electron chi connectivity index (χ3n) is 4.73. The van der Waals surface area contributed by atoms with Gasteiger partial charge in [-0.3, -0.25) is 0 Å². The van der Waals surface area contributed by atoms with Gasteiger partial charge in [-0.05, 0) is 43.5 Å². The second-order valence-electron chi connectivity index (χ2n) is 6.51. The molecule has 0 bridgehead atoms. The molecule has 130 valence electrons. The maximum Gasteiger partial charge on any atom is 0.123 e. The van der Waals surface area contributed by atoms with E-state index in [0.717, 1.165) is 38.9 Å². The maximum absolute atomic E-state index is 12.8.